The van der Waals surface area contributed by atoms with E-state index in [2.05, 4.69) is 21.4 Å². The summed E-state index contributed by atoms with van der Waals surface area (Å²) in [5.41, 5.74) is 1.34. The first-order chi connectivity index (χ1) is 8.29. The highest BCUT2D eigenvalue weighted by Gasteiger charge is 2.25. The molecular formula is C11H17N3OSSi. The third-order valence-electron chi connectivity index (χ3n) is 3.58. The molecule has 0 spiro atoms. The van der Waals surface area contributed by atoms with Gasteiger partial charge in [-0.2, -0.15) is 5.06 Å². The average Bonchev–Trinajstić information content (AvgIpc) is 2.99. The van der Waals surface area contributed by atoms with Crippen LogP contribution in [0.1, 0.15) is 23.4 Å². The van der Waals surface area contributed by atoms with E-state index in [0.717, 1.165) is 23.5 Å². The Morgan fingerprint density at radius 3 is 3.29 bits per heavy atom. The number of fused-ring (bicyclic) bond motifs is 1. The molecule has 4 nitrogen and oxygen atoms in total. The van der Waals surface area contributed by atoms with Crippen LogP contribution in [0, 0.1) is 6.92 Å². The zero-order valence-electron chi connectivity index (χ0n) is 10.2. The first kappa shape index (κ1) is 11.4. The molecule has 2 aromatic rings. The quantitative estimate of drug-likeness (QED) is 0.775. The molecule has 17 heavy (non-hydrogen) atoms. The zero-order valence-corrected chi connectivity index (χ0v) is 13.0. The normalized spacial score (nSPS) is 21.8. The van der Waals surface area contributed by atoms with E-state index in [0.29, 0.717) is 6.04 Å². The van der Waals surface area contributed by atoms with Crippen molar-refractivity contribution in [2.45, 2.75) is 32.2 Å². The lowest BCUT2D eigenvalue weighted by Crippen LogP contribution is -2.30. The van der Waals surface area contributed by atoms with Gasteiger partial charge in [-0.05, 0) is 19.8 Å². The Balaban J connectivity index is 1.84. The van der Waals surface area contributed by atoms with Crippen molar-refractivity contribution in [2.75, 3.05) is 6.54 Å². The van der Waals surface area contributed by atoms with Crippen molar-refractivity contribution >= 4 is 26.7 Å². The van der Waals surface area contributed by atoms with Crippen LogP contribution in [0.2, 0.25) is 0 Å². The second-order valence-corrected chi connectivity index (χ2v) is 6.02. The number of rotatable bonds is 3. The summed E-state index contributed by atoms with van der Waals surface area (Å²) >= 11 is 1.86. The van der Waals surface area contributed by atoms with Crippen LogP contribution in [-0.2, 0) is 10.9 Å². The number of thiazole rings is 1. The molecule has 0 N–H and O–H groups in total. The molecule has 6 heteroatoms. The van der Waals surface area contributed by atoms with Gasteiger partial charge in [0.2, 0.25) is 0 Å². The van der Waals surface area contributed by atoms with E-state index in [1.165, 1.54) is 28.2 Å². The van der Waals surface area contributed by atoms with Gasteiger partial charge in [-0.25, -0.2) is 4.98 Å². The molecule has 0 bridgehead atoms. The predicted molar refractivity (Wildman–Crippen MR) is 72.3 cm³/mol. The molecule has 1 saturated heterocycles. The van der Waals surface area contributed by atoms with Crippen LogP contribution in [0.5, 0.6) is 0 Å². The number of nitrogens with zero attached hydrogens (tertiary/aromatic N) is 3. The van der Waals surface area contributed by atoms with Gasteiger partial charge >= 0.3 is 0 Å². The number of hydroxylamine groups is 2. The molecule has 1 aliphatic heterocycles. The Kier molecular flexibility index (Phi) is 3.04. The van der Waals surface area contributed by atoms with Gasteiger partial charge in [0.05, 0.1) is 6.20 Å². The second-order valence-electron chi connectivity index (χ2n) is 4.54. The van der Waals surface area contributed by atoms with Gasteiger partial charge in [0.1, 0.15) is 11.2 Å². The summed E-state index contributed by atoms with van der Waals surface area (Å²) in [5, 5.41) is 2.18. The molecule has 0 aliphatic carbocycles. The Bertz CT molecular complexity index is 524. The minimum Gasteiger partial charge on any atom is -0.354 e. The molecule has 0 radical (unpaired) electrons. The largest absolute Gasteiger partial charge is 0.354 e. The van der Waals surface area contributed by atoms with E-state index in [1.54, 1.807) is 0 Å². The van der Waals surface area contributed by atoms with Crippen LogP contribution in [0.3, 0.4) is 0 Å². The molecule has 1 unspecified atom stereocenters. The number of imidazole rings is 1. The molecule has 0 amide bonds. The predicted octanol–water partition coefficient (Wildman–Crippen LogP) is 0.923. The van der Waals surface area contributed by atoms with Gasteiger partial charge < -0.3 is 4.53 Å². The summed E-state index contributed by atoms with van der Waals surface area (Å²) < 4.78 is 7.73. The zero-order chi connectivity index (χ0) is 11.8. The van der Waals surface area contributed by atoms with Gasteiger partial charge in [-0.3, -0.25) is 4.40 Å². The Hall–Kier alpha value is -0.693. The van der Waals surface area contributed by atoms with E-state index >= 15 is 0 Å². The average molecular weight is 267 g/mol. The number of hydrogen-bond donors (Lipinski definition) is 0. The van der Waals surface area contributed by atoms with Gasteiger partial charge in [-0.15, -0.1) is 11.3 Å². The lowest BCUT2D eigenvalue weighted by Gasteiger charge is -2.22. The van der Waals surface area contributed by atoms with Crippen molar-refractivity contribution in [2.24, 2.45) is 0 Å². The molecule has 2 aromatic heterocycles. The monoisotopic (exact) mass is 267 g/mol. The van der Waals surface area contributed by atoms with Crippen LogP contribution in [-0.4, -0.2) is 37.5 Å². The summed E-state index contributed by atoms with van der Waals surface area (Å²) in [5.74, 6) is 0. The van der Waals surface area contributed by atoms with E-state index in [-0.39, 0.29) is 0 Å². The minimum atomic E-state index is 0.572. The smallest absolute Gasteiger partial charge is 0.175 e. The van der Waals surface area contributed by atoms with Gasteiger partial charge in [-0.1, -0.05) is 0 Å². The van der Waals surface area contributed by atoms with Crippen molar-refractivity contribution in [1.29, 1.82) is 0 Å². The minimum absolute atomic E-state index is 0.572. The second kappa shape index (κ2) is 4.53. The van der Waals surface area contributed by atoms with Crippen LogP contribution < -0.4 is 0 Å². The van der Waals surface area contributed by atoms with Gasteiger partial charge in [0.25, 0.3) is 0 Å². The van der Waals surface area contributed by atoms with Crippen molar-refractivity contribution < 1.29 is 4.53 Å². The highest BCUT2D eigenvalue weighted by molar-refractivity contribution is 7.17. The van der Waals surface area contributed by atoms with Crippen molar-refractivity contribution in [1.82, 2.24) is 14.4 Å². The highest BCUT2D eigenvalue weighted by atomic mass is 32.1. The van der Waals surface area contributed by atoms with Crippen LogP contribution in [0.15, 0.2) is 12.5 Å². The van der Waals surface area contributed by atoms with Gasteiger partial charge in [0.15, 0.2) is 10.5 Å². The maximum atomic E-state index is 5.55. The maximum Gasteiger partial charge on any atom is 0.175 e. The highest BCUT2D eigenvalue weighted by Crippen LogP contribution is 2.28. The van der Waals surface area contributed by atoms with Crippen molar-refractivity contribution in [3.8, 4) is 0 Å². The van der Waals surface area contributed by atoms with Crippen LogP contribution in [0.25, 0.3) is 4.83 Å². The third-order valence-corrected chi connectivity index (χ3v) is 5.26. The molecule has 1 atom stereocenters. The topological polar surface area (TPSA) is 29.8 Å². The molecule has 0 aromatic carbocycles. The van der Waals surface area contributed by atoms with Crippen LogP contribution in [0.4, 0.5) is 0 Å². The van der Waals surface area contributed by atoms with Crippen LogP contribution >= 0.6 is 11.3 Å². The fraction of sp³-hybridized carbons (Fsp3) is 0.545. The standard InChI is InChI=1S/C11H17N3OSSi/c1-8-10(16-11-6-12-7-13(8)11)5-9-3-2-4-14(9)15-17/h6-7,9H,2-5H2,1,17H3. The van der Waals surface area contributed by atoms with E-state index in [4.69, 9.17) is 4.53 Å². The van der Waals surface area contributed by atoms with Crippen molar-refractivity contribution in [3.05, 3.63) is 23.1 Å². The molecule has 0 saturated carbocycles. The number of aromatic nitrogens is 2. The fourth-order valence-electron chi connectivity index (χ4n) is 2.60. The van der Waals surface area contributed by atoms with Crippen molar-refractivity contribution in [3.63, 3.8) is 0 Å². The van der Waals surface area contributed by atoms with E-state index in [1.807, 2.05) is 23.9 Å². The Morgan fingerprint density at radius 1 is 1.65 bits per heavy atom. The molecule has 1 fully saturated rings. The summed E-state index contributed by atoms with van der Waals surface area (Å²) in [6.07, 6.45) is 7.47. The lowest BCUT2D eigenvalue weighted by molar-refractivity contribution is -0.0630. The SMILES string of the molecule is Cc1c(CC2CCCN2O[SiH3])sc2cncn12. The molecule has 3 rings (SSSR count). The summed E-state index contributed by atoms with van der Waals surface area (Å²) in [6.45, 7) is 3.28. The third kappa shape index (κ3) is 1.95. The van der Waals surface area contributed by atoms with E-state index < -0.39 is 0 Å². The first-order valence-corrected chi connectivity index (χ1v) is 7.64. The molecule has 3 heterocycles. The number of hydrogen-bond acceptors (Lipinski definition) is 4. The summed E-state index contributed by atoms with van der Waals surface area (Å²) in [4.78, 5) is 6.88. The number of aryl methyl sites for hydroxylation is 1. The maximum absolute atomic E-state index is 5.55. The van der Waals surface area contributed by atoms with Gasteiger partial charge in [0, 0.05) is 29.6 Å². The summed E-state index contributed by atoms with van der Waals surface area (Å²) in [6, 6.07) is 0.572. The first-order valence-electron chi connectivity index (χ1n) is 6.00. The molecular weight excluding hydrogens is 250 g/mol. The Labute approximate surface area is 108 Å². The Morgan fingerprint density at radius 2 is 2.53 bits per heavy atom. The fourth-order valence-corrected chi connectivity index (χ4v) is 4.25. The lowest BCUT2D eigenvalue weighted by atomic mass is 10.1. The van der Waals surface area contributed by atoms with E-state index in [9.17, 15) is 0 Å². The molecule has 1 aliphatic rings. The summed E-state index contributed by atoms with van der Waals surface area (Å²) in [7, 11) is 0.797. The molecule has 92 valence electrons.